The molecule has 1 nitrogen and oxygen atoms in total. The molecule has 156 valence electrons. The highest BCUT2D eigenvalue weighted by molar-refractivity contribution is 5.15. The quantitative estimate of drug-likeness (QED) is 0.552. The zero-order valence-corrected chi connectivity index (χ0v) is 19.1. The summed E-state index contributed by atoms with van der Waals surface area (Å²) in [6, 6.07) is 0. The maximum atomic E-state index is 10.0. The van der Waals surface area contributed by atoms with Gasteiger partial charge in [-0.2, -0.15) is 0 Å². The van der Waals surface area contributed by atoms with E-state index in [2.05, 4.69) is 34.6 Å². The minimum absolute atomic E-state index is 0.150. The zero-order chi connectivity index (χ0) is 19.7. The third-order valence-corrected chi connectivity index (χ3v) is 11.6. The molecule has 4 aliphatic rings. The average Bonchev–Trinajstić information content (AvgIpc) is 3.00. The van der Waals surface area contributed by atoms with Crippen molar-refractivity contribution in [2.45, 2.75) is 118 Å². The Morgan fingerprint density at radius 1 is 0.852 bits per heavy atom. The van der Waals surface area contributed by atoms with Crippen molar-refractivity contribution in [3.8, 4) is 0 Å². The predicted octanol–water partition coefficient (Wildman–Crippen LogP) is 7.22. The number of aliphatic hydroxyl groups excluding tert-OH is 1. The minimum Gasteiger partial charge on any atom is -0.393 e. The predicted molar refractivity (Wildman–Crippen MR) is 115 cm³/mol. The van der Waals surface area contributed by atoms with E-state index in [1.54, 1.807) is 0 Å². The summed E-state index contributed by atoms with van der Waals surface area (Å²) in [6.07, 6.45) is 15.2. The van der Waals surface area contributed by atoms with Gasteiger partial charge in [-0.3, -0.25) is 0 Å². The van der Waals surface area contributed by atoms with E-state index in [1.165, 1.54) is 64.2 Å². The third kappa shape index (κ3) is 2.72. The van der Waals surface area contributed by atoms with Crippen LogP contribution < -0.4 is 0 Å². The Labute approximate surface area is 169 Å². The summed E-state index contributed by atoms with van der Waals surface area (Å²) in [5.41, 5.74) is 2.11. The van der Waals surface area contributed by atoms with E-state index in [0.717, 1.165) is 30.1 Å². The first kappa shape index (κ1) is 20.2. The second kappa shape index (κ2) is 6.48. The Morgan fingerprint density at radius 3 is 2.30 bits per heavy atom. The molecule has 0 radical (unpaired) electrons. The lowest BCUT2D eigenvalue weighted by Crippen LogP contribution is -2.63. The van der Waals surface area contributed by atoms with Crippen molar-refractivity contribution >= 4 is 0 Å². The molecule has 0 amide bonds. The smallest absolute Gasteiger partial charge is 0.0512 e. The van der Waals surface area contributed by atoms with Gasteiger partial charge in [0.2, 0.25) is 0 Å². The summed E-state index contributed by atoms with van der Waals surface area (Å²) in [6.45, 7) is 15.2. The standard InChI is InChI=1S/C26H46O/c1-18-11-15-26(6)22(24(18,4)14-12-19(2)27)10-9-21-20-8-7-13-23(20,3)16-17-25(21,26)5/h18-22,27H,7-17H2,1-6H3/t18?,19?,20?,21?,22?,23?,24?,25-,26?/m1/s1. The highest BCUT2D eigenvalue weighted by Crippen LogP contribution is 2.74. The Hall–Kier alpha value is -0.0400. The maximum Gasteiger partial charge on any atom is 0.0512 e. The van der Waals surface area contributed by atoms with E-state index < -0.39 is 0 Å². The van der Waals surface area contributed by atoms with E-state index >= 15 is 0 Å². The fourth-order valence-electron chi connectivity index (χ4n) is 9.37. The molecular formula is C26H46O. The number of hydrogen-bond donors (Lipinski definition) is 1. The molecule has 0 spiro atoms. The number of hydrogen-bond acceptors (Lipinski definition) is 1. The van der Waals surface area contributed by atoms with Crippen LogP contribution in [-0.4, -0.2) is 11.2 Å². The van der Waals surface area contributed by atoms with Crippen molar-refractivity contribution in [1.82, 2.24) is 0 Å². The van der Waals surface area contributed by atoms with Crippen molar-refractivity contribution in [3.63, 3.8) is 0 Å². The van der Waals surface area contributed by atoms with Gasteiger partial charge in [-0.25, -0.2) is 0 Å². The van der Waals surface area contributed by atoms with Crippen LogP contribution in [0.2, 0.25) is 0 Å². The molecule has 1 N–H and O–H groups in total. The van der Waals surface area contributed by atoms with Crippen LogP contribution in [0.3, 0.4) is 0 Å². The summed E-state index contributed by atoms with van der Waals surface area (Å²) < 4.78 is 0. The van der Waals surface area contributed by atoms with Gasteiger partial charge in [-0.1, -0.05) is 41.0 Å². The van der Waals surface area contributed by atoms with Crippen LogP contribution in [0.25, 0.3) is 0 Å². The van der Waals surface area contributed by atoms with Crippen molar-refractivity contribution in [2.75, 3.05) is 0 Å². The zero-order valence-electron chi connectivity index (χ0n) is 19.1. The Bertz CT molecular complexity index is 569. The molecule has 4 fully saturated rings. The molecule has 9 atom stereocenters. The molecule has 4 aliphatic carbocycles. The van der Waals surface area contributed by atoms with Gasteiger partial charge in [0.05, 0.1) is 6.10 Å². The molecule has 0 aromatic heterocycles. The molecule has 0 aromatic rings. The second-order valence-corrected chi connectivity index (χ2v) is 12.6. The van der Waals surface area contributed by atoms with Crippen molar-refractivity contribution in [1.29, 1.82) is 0 Å². The molecule has 27 heavy (non-hydrogen) atoms. The Balaban J connectivity index is 1.68. The molecule has 8 unspecified atom stereocenters. The fourth-order valence-corrected chi connectivity index (χ4v) is 9.37. The number of aliphatic hydroxyl groups is 1. The molecule has 1 heteroatoms. The summed E-state index contributed by atoms with van der Waals surface area (Å²) >= 11 is 0. The number of fused-ring (bicyclic) bond motifs is 5. The van der Waals surface area contributed by atoms with Crippen LogP contribution in [0.4, 0.5) is 0 Å². The lowest BCUT2D eigenvalue weighted by Gasteiger charge is -2.70. The Kier molecular flexibility index (Phi) is 4.86. The molecule has 0 aromatic carbocycles. The number of rotatable bonds is 3. The lowest BCUT2D eigenvalue weighted by molar-refractivity contribution is -0.213. The molecule has 4 rings (SSSR count). The van der Waals surface area contributed by atoms with Gasteiger partial charge in [0.25, 0.3) is 0 Å². The van der Waals surface area contributed by atoms with Gasteiger partial charge in [-0.05, 0) is 116 Å². The maximum absolute atomic E-state index is 10.0. The molecule has 0 bridgehead atoms. The van der Waals surface area contributed by atoms with Crippen LogP contribution in [0.5, 0.6) is 0 Å². The highest BCUT2D eigenvalue weighted by atomic mass is 16.3. The van der Waals surface area contributed by atoms with Crippen molar-refractivity contribution in [3.05, 3.63) is 0 Å². The van der Waals surface area contributed by atoms with Crippen molar-refractivity contribution in [2.24, 2.45) is 45.3 Å². The topological polar surface area (TPSA) is 20.2 Å². The molecule has 0 heterocycles. The van der Waals surface area contributed by atoms with E-state index in [0.29, 0.717) is 21.7 Å². The van der Waals surface area contributed by atoms with Crippen LogP contribution in [0, 0.1) is 45.3 Å². The molecule has 0 saturated heterocycles. The first-order valence-electron chi connectivity index (χ1n) is 12.2. The van der Waals surface area contributed by atoms with Gasteiger partial charge in [0.1, 0.15) is 0 Å². The van der Waals surface area contributed by atoms with E-state index in [-0.39, 0.29) is 6.10 Å². The highest BCUT2D eigenvalue weighted by Gasteiger charge is 2.66. The van der Waals surface area contributed by atoms with Gasteiger partial charge < -0.3 is 5.11 Å². The van der Waals surface area contributed by atoms with Crippen LogP contribution in [-0.2, 0) is 0 Å². The average molecular weight is 375 g/mol. The van der Waals surface area contributed by atoms with Gasteiger partial charge >= 0.3 is 0 Å². The Morgan fingerprint density at radius 2 is 1.59 bits per heavy atom. The normalized spacial score (nSPS) is 56.1. The summed E-state index contributed by atoms with van der Waals surface area (Å²) in [4.78, 5) is 0. The lowest BCUT2D eigenvalue weighted by atomic mass is 9.35. The monoisotopic (exact) mass is 374 g/mol. The van der Waals surface area contributed by atoms with Crippen molar-refractivity contribution < 1.29 is 5.11 Å². The third-order valence-electron chi connectivity index (χ3n) is 11.6. The first-order valence-corrected chi connectivity index (χ1v) is 12.2. The molecule has 0 aliphatic heterocycles. The van der Waals surface area contributed by atoms with E-state index in [1.807, 2.05) is 6.92 Å². The molecular weight excluding hydrogens is 328 g/mol. The van der Waals surface area contributed by atoms with Gasteiger partial charge in [0, 0.05) is 0 Å². The van der Waals surface area contributed by atoms with E-state index in [9.17, 15) is 5.11 Å². The van der Waals surface area contributed by atoms with Gasteiger partial charge in [-0.15, -0.1) is 0 Å². The van der Waals surface area contributed by atoms with E-state index in [4.69, 9.17) is 0 Å². The fraction of sp³-hybridized carbons (Fsp3) is 1.00. The summed E-state index contributed by atoms with van der Waals surface area (Å²) in [7, 11) is 0. The summed E-state index contributed by atoms with van der Waals surface area (Å²) in [5, 5.41) is 10.0. The largest absolute Gasteiger partial charge is 0.393 e. The second-order valence-electron chi connectivity index (χ2n) is 12.6. The SMILES string of the molecule is CC(O)CCC1(C)C(C)CCC2(C)C1CCC1C3CCCC3(C)CC[C@]12C. The minimum atomic E-state index is -0.150. The molecule has 4 saturated carbocycles. The van der Waals surface area contributed by atoms with Crippen LogP contribution >= 0.6 is 0 Å². The van der Waals surface area contributed by atoms with Crippen LogP contribution in [0.15, 0.2) is 0 Å². The summed E-state index contributed by atoms with van der Waals surface area (Å²) in [5.74, 6) is 3.61. The van der Waals surface area contributed by atoms with Crippen LogP contribution in [0.1, 0.15) is 112 Å². The van der Waals surface area contributed by atoms with Gasteiger partial charge in [0.15, 0.2) is 0 Å². The first-order chi connectivity index (χ1) is 12.6.